The fourth-order valence-corrected chi connectivity index (χ4v) is 2.94. The van der Waals surface area contributed by atoms with Gasteiger partial charge in [-0.05, 0) is 56.3 Å². The van der Waals surface area contributed by atoms with Crippen molar-refractivity contribution >= 4 is 5.91 Å². The highest BCUT2D eigenvalue weighted by Gasteiger charge is 2.32. The number of nitrogens with zero attached hydrogens (tertiary/aromatic N) is 1. The smallest absolute Gasteiger partial charge is 0.223 e. The van der Waals surface area contributed by atoms with Crippen molar-refractivity contribution in [3.63, 3.8) is 0 Å². The predicted octanol–water partition coefficient (Wildman–Crippen LogP) is 1.50. The summed E-state index contributed by atoms with van der Waals surface area (Å²) in [6, 6.07) is 4.12. The molecule has 0 saturated heterocycles. The molecule has 1 aromatic heterocycles. The maximum absolute atomic E-state index is 12.2. The molecular formula is C15H23N3O. The Balaban J connectivity index is 1.85. The van der Waals surface area contributed by atoms with Crippen LogP contribution in [0.15, 0.2) is 24.5 Å². The molecule has 0 bridgehead atoms. The Hall–Kier alpha value is -1.42. The van der Waals surface area contributed by atoms with Crippen LogP contribution in [0.3, 0.4) is 0 Å². The van der Waals surface area contributed by atoms with E-state index in [9.17, 15) is 4.79 Å². The quantitative estimate of drug-likeness (QED) is 0.844. The SMILES string of the molecule is CC(Cc1ccncc1)NC(=O)[C@@H]1CCC[C@@H]1CN. The first kappa shape index (κ1) is 14.0. The zero-order valence-corrected chi connectivity index (χ0v) is 11.5. The Bertz CT molecular complexity index is 407. The van der Waals surface area contributed by atoms with E-state index in [4.69, 9.17) is 5.73 Å². The van der Waals surface area contributed by atoms with Gasteiger partial charge < -0.3 is 11.1 Å². The minimum Gasteiger partial charge on any atom is -0.353 e. The van der Waals surface area contributed by atoms with Crippen LogP contribution in [0.25, 0.3) is 0 Å². The molecule has 1 amide bonds. The third-order valence-electron chi connectivity index (χ3n) is 3.98. The number of hydrogen-bond donors (Lipinski definition) is 2. The van der Waals surface area contributed by atoms with Crippen molar-refractivity contribution in [1.82, 2.24) is 10.3 Å². The van der Waals surface area contributed by atoms with Crippen molar-refractivity contribution in [3.05, 3.63) is 30.1 Å². The van der Waals surface area contributed by atoms with Gasteiger partial charge in [0.1, 0.15) is 0 Å². The van der Waals surface area contributed by atoms with E-state index in [2.05, 4.69) is 10.3 Å². The molecule has 0 radical (unpaired) electrons. The fourth-order valence-electron chi connectivity index (χ4n) is 2.94. The maximum Gasteiger partial charge on any atom is 0.223 e. The molecule has 0 spiro atoms. The van der Waals surface area contributed by atoms with E-state index in [1.807, 2.05) is 19.1 Å². The zero-order valence-electron chi connectivity index (χ0n) is 11.5. The Kier molecular flexibility index (Phi) is 4.91. The molecule has 1 aromatic rings. The summed E-state index contributed by atoms with van der Waals surface area (Å²) in [6.07, 6.45) is 7.60. The predicted molar refractivity (Wildman–Crippen MR) is 75.4 cm³/mol. The number of amides is 1. The van der Waals surface area contributed by atoms with E-state index >= 15 is 0 Å². The van der Waals surface area contributed by atoms with Gasteiger partial charge in [0.2, 0.25) is 5.91 Å². The largest absolute Gasteiger partial charge is 0.353 e. The third kappa shape index (κ3) is 3.77. The second-order valence-electron chi connectivity index (χ2n) is 5.50. The highest BCUT2D eigenvalue weighted by Crippen LogP contribution is 2.31. The molecule has 3 N–H and O–H groups in total. The Morgan fingerprint density at radius 3 is 2.89 bits per heavy atom. The molecule has 1 fully saturated rings. The Labute approximate surface area is 114 Å². The lowest BCUT2D eigenvalue weighted by Crippen LogP contribution is -2.40. The molecule has 1 aliphatic carbocycles. The van der Waals surface area contributed by atoms with Crippen molar-refractivity contribution in [2.45, 2.75) is 38.6 Å². The number of carbonyl (C=O) groups excluding carboxylic acids is 1. The van der Waals surface area contributed by atoms with E-state index in [0.29, 0.717) is 12.5 Å². The summed E-state index contributed by atoms with van der Waals surface area (Å²) >= 11 is 0. The van der Waals surface area contributed by atoms with Gasteiger partial charge in [-0.25, -0.2) is 0 Å². The number of nitrogens with one attached hydrogen (secondary N) is 1. The summed E-state index contributed by atoms with van der Waals surface area (Å²) in [5, 5.41) is 3.12. The lowest BCUT2D eigenvalue weighted by Gasteiger charge is -2.21. The third-order valence-corrected chi connectivity index (χ3v) is 3.98. The van der Waals surface area contributed by atoms with Crippen LogP contribution in [0.4, 0.5) is 0 Å². The lowest BCUT2D eigenvalue weighted by atomic mass is 9.95. The number of aromatic nitrogens is 1. The Morgan fingerprint density at radius 1 is 1.47 bits per heavy atom. The van der Waals surface area contributed by atoms with Gasteiger partial charge in [-0.3, -0.25) is 9.78 Å². The second kappa shape index (κ2) is 6.66. The monoisotopic (exact) mass is 261 g/mol. The molecule has 1 saturated carbocycles. The highest BCUT2D eigenvalue weighted by molar-refractivity contribution is 5.79. The van der Waals surface area contributed by atoms with Crippen molar-refractivity contribution < 1.29 is 4.79 Å². The topological polar surface area (TPSA) is 68.0 Å². The normalized spacial score (nSPS) is 24.1. The molecule has 104 valence electrons. The van der Waals surface area contributed by atoms with Gasteiger partial charge in [0.15, 0.2) is 0 Å². The molecule has 3 atom stereocenters. The van der Waals surface area contributed by atoms with Crippen molar-refractivity contribution in [3.8, 4) is 0 Å². The first-order valence-corrected chi connectivity index (χ1v) is 7.10. The van der Waals surface area contributed by atoms with E-state index in [0.717, 1.165) is 25.7 Å². The van der Waals surface area contributed by atoms with Gasteiger partial charge in [-0.1, -0.05) is 6.42 Å². The molecule has 1 aliphatic rings. The van der Waals surface area contributed by atoms with Gasteiger partial charge in [-0.15, -0.1) is 0 Å². The maximum atomic E-state index is 12.2. The minimum atomic E-state index is 0.116. The van der Waals surface area contributed by atoms with Crippen LogP contribution in [0.1, 0.15) is 31.7 Å². The summed E-state index contributed by atoms with van der Waals surface area (Å²) in [4.78, 5) is 16.2. The van der Waals surface area contributed by atoms with Gasteiger partial charge in [-0.2, -0.15) is 0 Å². The van der Waals surface area contributed by atoms with Crippen molar-refractivity contribution in [2.24, 2.45) is 17.6 Å². The van der Waals surface area contributed by atoms with Crippen LogP contribution in [0.2, 0.25) is 0 Å². The average Bonchev–Trinajstić information content (AvgIpc) is 2.88. The molecular weight excluding hydrogens is 238 g/mol. The fraction of sp³-hybridized carbons (Fsp3) is 0.600. The highest BCUT2D eigenvalue weighted by atomic mass is 16.1. The average molecular weight is 261 g/mol. The van der Waals surface area contributed by atoms with Gasteiger partial charge >= 0.3 is 0 Å². The van der Waals surface area contributed by atoms with Crippen LogP contribution >= 0.6 is 0 Å². The number of hydrogen-bond acceptors (Lipinski definition) is 3. The summed E-state index contributed by atoms with van der Waals surface area (Å²) in [5.41, 5.74) is 6.93. The number of pyridine rings is 1. The Morgan fingerprint density at radius 2 is 2.21 bits per heavy atom. The standard InChI is InChI=1S/C15H23N3O/c1-11(9-12-5-7-17-8-6-12)18-15(19)14-4-2-3-13(14)10-16/h5-8,11,13-14H,2-4,9-10,16H2,1H3,(H,18,19)/t11?,13-,14-/m1/s1. The summed E-state index contributed by atoms with van der Waals surface area (Å²) in [5.74, 6) is 0.660. The van der Waals surface area contributed by atoms with Crippen LogP contribution in [0.5, 0.6) is 0 Å². The molecule has 4 heteroatoms. The molecule has 0 aromatic carbocycles. The molecule has 1 heterocycles. The van der Waals surface area contributed by atoms with Crippen LogP contribution < -0.4 is 11.1 Å². The number of rotatable bonds is 5. The molecule has 2 rings (SSSR count). The van der Waals surface area contributed by atoms with Gasteiger partial charge in [0, 0.05) is 24.4 Å². The summed E-state index contributed by atoms with van der Waals surface area (Å²) < 4.78 is 0. The first-order valence-electron chi connectivity index (χ1n) is 7.10. The van der Waals surface area contributed by atoms with Crippen LogP contribution in [-0.4, -0.2) is 23.5 Å². The first-order chi connectivity index (χ1) is 9.20. The van der Waals surface area contributed by atoms with Crippen LogP contribution in [0, 0.1) is 11.8 Å². The zero-order chi connectivity index (χ0) is 13.7. The van der Waals surface area contributed by atoms with Crippen molar-refractivity contribution in [2.75, 3.05) is 6.54 Å². The van der Waals surface area contributed by atoms with E-state index in [-0.39, 0.29) is 17.9 Å². The minimum absolute atomic E-state index is 0.116. The van der Waals surface area contributed by atoms with E-state index in [1.165, 1.54) is 5.56 Å². The molecule has 0 aliphatic heterocycles. The summed E-state index contributed by atoms with van der Waals surface area (Å²) in [7, 11) is 0. The van der Waals surface area contributed by atoms with E-state index < -0.39 is 0 Å². The van der Waals surface area contributed by atoms with Crippen molar-refractivity contribution in [1.29, 1.82) is 0 Å². The second-order valence-corrected chi connectivity index (χ2v) is 5.50. The lowest BCUT2D eigenvalue weighted by molar-refractivity contribution is -0.126. The molecule has 19 heavy (non-hydrogen) atoms. The number of carbonyl (C=O) groups is 1. The van der Waals surface area contributed by atoms with Gasteiger partial charge in [0.05, 0.1) is 0 Å². The van der Waals surface area contributed by atoms with Gasteiger partial charge in [0.25, 0.3) is 0 Å². The molecule has 4 nitrogen and oxygen atoms in total. The molecule has 1 unspecified atom stereocenters. The van der Waals surface area contributed by atoms with Crippen LogP contribution in [-0.2, 0) is 11.2 Å². The van der Waals surface area contributed by atoms with E-state index in [1.54, 1.807) is 12.4 Å². The summed E-state index contributed by atoms with van der Waals surface area (Å²) in [6.45, 7) is 2.67. The number of nitrogens with two attached hydrogens (primary N) is 1.